The predicted octanol–water partition coefficient (Wildman–Crippen LogP) is 2.49. The summed E-state index contributed by atoms with van der Waals surface area (Å²) in [6.07, 6.45) is 6.68. The number of aliphatic hydroxyl groups is 1. The van der Waals surface area contributed by atoms with Crippen molar-refractivity contribution in [1.29, 1.82) is 0 Å². The molecule has 0 bridgehead atoms. The Morgan fingerprint density at radius 2 is 1.73 bits per heavy atom. The van der Waals surface area contributed by atoms with Gasteiger partial charge in [-0.3, -0.25) is 0 Å². The van der Waals surface area contributed by atoms with E-state index in [1.807, 2.05) is 0 Å². The molecular formula is C9H20OTe. The minimum atomic E-state index is 0.283. The van der Waals surface area contributed by atoms with Gasteiger partial charge >= 0.3 is 80.6 Å². The van der Waals surface area contributed by atoms with Crippen LogP contribution in [0.25, 0.3) is 0 Å². The van der Waals surface area contributed by atoms with Crippen molar-refractivity contribution in [1.82, 2.24) is 0 Å². The molecule has 0 aromatic heterocycles. The molecule has 0 aromatic carbocycles. The Bertz CT molecular complexity index is 58.6. The SMILES string of the molecule is CCCCCC[Te]CCCO. The van der Waals surface area contributed by atoms with E-state index in [9.17, 15) is 0 Å². The molecule has 0 atom stereocenters. The fourth-order valence-electron chi connectivity index (χ4n) is 0.900. The quantitative estimate of drug-likeness (QED) is 0.531. The molecule has 1 nitrogen and oxygen atoms in total. The molecule has 0 radical (unpaired) electrons. The van der Waals surface area contributed by atoms with Crippen molar-refractivity contribution in [2.75, 3.05) is 6.61 Å². The summed E-state index contributed by atoms with van der Waals surface area (Å²) in [5.74, 6) is 0. The Morgan fingerprint density at radius 3 is 2.36 bits per heavy atom. The predicted molar refractivity (Wildman–Crippen MR) is 51.2 cm³/mol. The third-order valence-electron chi connectivity index (χ3n) is 1.59. The van der Waals surface area contributed by atoms with Gasteiger partial charge in [-0.15, -0.1) is 0 Å². The summed E-state index contributed by atoms with van der Waals surface area (Å²) in [6, 6.07) is 0. The monoisotopic (exact) mass is 274 g/mol. The van der Waals surface area contributed by atoms with Crippen molar-refractivity contribution in [2.45, 2.75) is 48.0 Å². The van der Waals surface area contributed by atoms with E-state index in [0.29, 0.717) is 6.61 Å². The van der Waals surface area contributed by atoms with Crippen LogP contribution >= 0.6 is 0 Å². The molecule has 2 heteroatoms. The van der Waals surface area contributed by atoms with Crippen molar-refractivity contribution < 1.29 is 5.11 Å². The molecule has 0 aliphatic heterocycles. The summed E-state index contributed by atoms with van der Waals surface area (Å²) in [4.78, 5) is 0. The Labute approximate surface area is 80.7 Å². The van der Waals surface area contributed by atoms with Crippen molar-refractivity contribution in [3.63, 3.8) is 0 Å². The first-order valence-electron chi connectivity index (χ1n) is 4.60. The zero-order valence-electron chi connectivity index (χ0n) is 7.51. The van der Waals surface area contributed by atoms with E-state index in [1.165, 1.54) is 34.6 Å². The molecule has 1 N–H and O–H groups in total. The van der Waals surface area contributed by atoms with Gasteiger partial charge in [0, 0.05) is 0 Å². The van der Waals surface area contributed by atoms with E-state index in [0.717, 1.165) is 6.42 Å². The maximum atomic E-state index is 8.53. The molecular weight excluding hydrogens is 252 g/mol. The van der Waals surface area contributed by atoms with Gasteiger partial charge in [-0.2, -0.15) is 0 Å². The minimum absolute atomic E-state index is 0.283. The maximum absolute atomic E-state index is 8.53. The first kappa shape index (κ1) is 11.7. The molecule has 0 amide bonds. The number of rotatable bonds is 8. The summed E-state index contributed by atoms with van der Waals surface area (Å²) in [5, 5.41) is 8.53. The van der Waals surface area contributed by atoms with Crippen LogP contribution in [0.15, 0.2) is 0 Å². The fourth-order valence-corrected chi connectivity index (χ4v) is 3.60. The standard InChI is InChI=1S/C9H20OTe/c1-2-3-4-5-8-11-9-6-7-10/h10H,2-9H2,1H3. The van der Waals surface area contributed by atoms with E-state index in [-0.39, 0.29) is 20.9 Å². The van der Waals surface area contributed by atoms with Gasteiger partial charge in [-0.05, 0) is 0 Å². The van der Waals surface area contributed by atoms with Gasteiger partial charge < -0.3 is 0 Å². The van der Waals surface area contributed by atoms with E-state index < -0.39 is 0 Å². The Balaban J connectivity index is 2.69. The van der Waals surface area contributed by atoms with Gasteiger partial charge in [0.05, 0.1) is 0 Å². The molecule has 0 saturated carbocycles. The van der Waals surface area contributed by atoms with E-state index in [2.05, 4.69) is 6.92 Å². The molecule has 0 saturated heterocycles. The van der Waals surface area contributed by atoms with Gasteiger partial charge in [0.25, 0.3) is 0 Å². The zero-order chi connectivity index (χ0) is 8.36. The van der Waals surface area contributed by atoms with Gasteiger partial charge in [0.1, 0.15) is 0 Å². The van der Waals surface area contributed by atoms with Crippen LogP contribution in [-0.4, -0.2) is 32.6 Å². The second kappa shape index (κ2) is 10.7. The fraction of sp³-hybridized carbons (Fsp3) is 1.00. The molecule has 0 fully saturated rings. The Kier molecular flexibility index (Phi) is 11.5. The molecule has 0 aliphatic rings. The van der Waals surface area contributed by atoms with Crippen LogP contribution in [-0.2, 0) is 0 Å². The average molecular weight is 272 g/mol. The van der Waals surface area contributed by atoms with Crippen molar-refractivity contribution in [3.05, 3.63) is 0 Å². The van der Waals surface area contributed by atoms with E-state index >= 15 is 0 Å². The summed E-state index contributed by atoms with van der Waals surface area (Å²) >= 11 is 0.283. The van der Waals surface area contributed by atoms with Crippen LogP contribution in [0.3, 0.4) is 0 Å². The molecule has 0 spiro atoms. The number of hydrogen-bond acceptors (Lipinski definition) is 1. The molecule has 0 rings (SSSR count). The topological polar surface area (TPSA) is 20.2 Å². The second-order valence-electron chi connectivity index (χ2n) is 2.75. The van der Waals surface area contributed by atoms with Crippen LogP contribution in [0.4, 0.5) is 0 Å². The first-order valence-corrected chi connectivity index (χ1v) is 7.90. The van der Waals surface area contributed by atoms with Crippen molar-refractivity contribution in [3.8, 4) is 0 Å². The first-order chi connectivity index (χ1) is 5.41. The Hall–Kier alpha value is 0.750. The summed E-state index contributed by atoms with van der Waals surface area (Å²) in [6.45, 7) is 2.65. The molecule has 68 valence electrons. The molecule has 0 heterocycles. The molecule has 0 aliphatic carbocycles. The molecule has 11 heavy (non-hydrogen) atoms. The number of hydrogen-bond donors (Lipinski definition) is 1. The van der Waals surface area contributed by atoms with Crippen LogP contribution in [0.1, 0.15) is 39.0 Å². The molecule has 0 unspecified atom stereocenters. The van der Waals surface area contributed by atoms with E-state index in [1.54, 1.807) is 0 Å². The van der Waals surface area contributed by atoms with Gasteiger partial charge in [-0.1, -0.05) is 0 Å². The average Bonchev–Trinajstić information content (AvgIpc) is 2.03. The van der Waals surface area contributed by atoms with Crippen LogP contribution in [0.5, 0.6) is 0 Å². The Morgan fingerprint density at radius 1 is 1.00 bits per heavy atom. The second-order valence-corrected chi connectivity index (χ2v) is 6.25. The van der Waals surface area contributed by atoms with Crippen molar-refractivity contribution in [2.24, 2.45) is 0 Å². The van der Waals surface area contributed by atoms with Crippen LogP contribution in [0.2, 0.25) is 8.94 Å². The van der Waals surface area contributed by atoms with Crippen LogP contribution in [0, 0.1) is 0 Å². The number of unbranched alkanes of at least 4 members (excludes halogenated alkanes) is 3. The number of aliphatic hydroxyl groups excluding tert-OH is 1. The molecule has 0 aromatic rings. The zero-order valence-corrected chi connectivity index (χ0v) is 9.84. The summed E-state index contributed by atoms with van der Waals surface area (Å²) in [7, 11) is 0. The van der Waals surface area contributed by atoms with Gasteiger partial charge in [0.2, 0.25) is 0 Å². The van der Waals surface area contributed by atoms with Crippen molar-refractivity contribution >= 4 is 20.9 Å². The normalized spacial score (nSPS) is 10.4. The summed E-state index contributed by atoms with van der Waals surface area (Å²) < 4.78 is 2.83. The van der Waals surface area contributed by atoms with Crippen LogP contribution < -0.4 is 0 Å². The van der Waals surface area contributed by atoms with Gasteiger partial charge in [-0.25, -0.2) is 0 Å². The van der Waals surface area contributed by atoms with E-state index in [4.69, 9.17) is 5.11 Å². The summed E-state index contributed by atoms with van der Waals surface area (Å²) in [5.41, 5.74) is 0. The van der Waals surface area contributed by atoms with Gasteiger partial charge in [0.15, 0.2) is 0 Å². The third kappa shape index (κ3) is 10.7. The third-order valence-corrected chi connectivity index (χ3v) is 4.88.